The fourth-order valence-electron chi connectivity index (χ4n) is 3.74. The zero-order valence-electron chi connectivity index (χ0n) is 22.9. The highest BCUT2D eigenvalue weighted by Crippen LogP contribution is 2.30. The Morgan fingerprint density at radius 3 is 2.49 bits per heavy atom. The van der Waals surface area contributed by atoms with Crippen LogP contribution in [0.2, 0.25) is 5.02 Å². The topological polar surface area (TPSA) is 85.5 Å². The van der Waals surface area contributed by atoms with Gasteiger partial charge in [0.05, 0.1) is 5.60 Å². The van der Waals surface area contributed by atoms with Crippen LogP contribution in [0.25, 0.3) is 5.47 Å². The molecule has 7 nitrogen and oxygen atoms in total. The molecule has 0 aliphatic carbocycles. The number of anilines is 1. The lowest BCUT2D eigenvalue weighted by atomic mass is 9.79. The number of hydrogen-bond acceptors (Lipinski definition) is 7. The van der Waals surface area contributed by atoms with Gasteiger partial charge in [-0.25, -0.2) is 9.97 Å². The molecule has 3 N–H and O–H groups in total. The number of allylic oxidation sites excluding steroid dienone is 1. The molecule has 1 aliphatic rings. The van der Waals surface area contributed by atoms with Gasteiger partial charge in [-0.3, -0.25) is 0 Å². The van der Waals surface area contributed by atoms with Crippen molar-refractivity contribution in [2.75, 3.05) is 38.2 Å². The molecule has 0 bridgehead atoms. The number of aryl methyl sites for hydroxylation is 2. The van der Waals surface area contributed by atoms with Crippen LogP contribution < -0.4 is 16.0 Å². The zero-order valence-corrected chi connectivity index (χ0v) is 23.7. The van der Waals surface area contributed by atoms with Gasteiger partial charge in [0.2, 0.25) is 0 Å². The maximum atomic E-state index is 6.21. The standard InChI is InChI=1S/C18H31BN5O2.C9H11Cl.CH4/c1-7-14(19-26-17(3,4)18(5,20)25-6)15-13(2)22-12-23-16(15)24-10-8-21-9-11-24;1-2-4-8-5-3-6-9(10)7-8;/h7,12,21H,8-11,20H2,1-6H3;3,5-7H,2,4H2,1H3;1H4/b14-7+;;. The SMILES string of the molecule is C.C/C=C(/[B]OC(C)(C)C(C)(N)OC)c1c(C)ncnc1N1CCNCC1.CCCc1cccc(Cl)c1. The minimum Gasteiger partial charge on any atom is -0.425 e. The molecule has 0 saturated carbocycles. The highest BCUT2D eigenvalue weighted by molar-refractivity contribution is 6.55. The van der Waals surface area contributed by atoms with Gasteiger partial charge in [-0.1, -0.05) is 50.6 Å². The number of nitrogens with zero attached hydrogens (tertiary/aromatic N) is 3. The molecule has 3 rings (SSSR count). The number of nitrogens with one attached hydrogen (secondary N) is 1. The van der Waals surface area contributed by atoms with Crippen molar-refractivity contribution in [3.63, 3.8) is 0 Å². The van der Waals surface area contributed by atoms with E-state index in [0.29, 0.717) is 0 Å². The fourth-order valence-corrected chi connectivity index (χ4v) is 3.95. The van der Waals surface area contributed by atoms with Crippen molar-refractivity contribution in [3.05, 3.63) is 58.5 Å². The van der Waals surface area contributed by atoms with Crippen LogP contribution in [0, 0.1) is 6.92 Å². The molecule has 0 amide bonds. The second-order valence-electron chi connectivity index (χ2n) is 9.58. The van der Waals surface area contributed by atoms with Crippen molar-refractivity contribution in [1.82, 2.24) is 15.3 Å². The Bertz CT molecular complexity index is 994. The Kier molecular flexibility index (Phi) is 13.8. The first kappa shape index (κ1) is 33.1. The number of halogens is 1. The molecule has 0 spiro atoms. The molecule has 1 aromatic heterocycles. The van der Waals surface area contributed by atoms with E-state index in [0.717, 1.165) is 60.2 Å². The smallest absolute Gasteiger partial charge is 0.331 e. The number of ether oxygens (including phenoxy) is 1. The van der Waals surface area contributed by atoms with E-state index < -0.39 is 11.3 Å². The van der Waals surface area contributed by atoms with Gasteiger partial charge in [-0.05, 0) is 64.2 Å². The number of nitrogens with two attached hydrogens (primary N) is 1. The number of benzene rings is 1. The van der Waals surface area contributed by atoms with E-state index in [2.05, 4.69) is 33.2 Å². The van der Waals surface area contributed by atoms with Gasteiger partial charge in [-0.15, -0.1) is 0 Å². The van der Waals surface area contributed by atoms with Crippen LogP contribution in [0.3, 0.4) is 0 Å². The summed E-state index contributed by atoms with van der Waals surface area (Å²) in [4.78, 5) is 11.2. The molecular weight excluding hydrogens is 485 g/mol. The number of methoxy groups -OCH3 is 1. The first-order valence-corrected chi connectivity index (χ1v) is 13.0. The lowest BCUT2D eigenvalue weighted by molar-refractivity contribution is -0.122. The van der Waals surface area contributed by atoms with E-state index in [-0.39, 0.29) is 7.43 Å². The summed E-state index contributed by atoms with van der Waals surface area (Å²) in [5.41, 5.74) is 8.74. The first-order valence-electron chi connectivity index (χ1n) is 12.6. The van der Waals surface area contributed by atoms with Crippen LogP contribution in [0.15, 0.2) is 36.7 Å². The molecule has 2 aromatic rings. The summed E-state index contributed by atoms with van der Waals surface area (Å²) < 4.78 is 11.5. The van der Waals surface area contributed by atoms with E-state index in [1.54, 1.807) is 27.8 Å². The maximum absolute atomic E-state index is 6.21. The van der Waals surface area contributed by atoms with E-state index in [9.17, 15) is 0 Å². The number of aromatic nitrogens is 2. The Morgan fingerprint density at radius 1 is 1.24 bits per heavy atom. The van der Waals surface area contributed by atoms with E-state index in [1.807, 2.05) is 52.0 Å². The van der Waals surface area contributed by atoms with Crippen molar-refractivity contribution in [1.29, 1.82) is 0 Å². The third-order valence-corrected chi connectivity index (χ3v) is 6.80. The third-order valence-electron chi connectivity index (χ3n) is 6.56. The van der Waals surface area contributed by atoms with Gasteiger partial charge in [-0.2, -0.15) is 0 Å². The van der Waals surface area contributed by atoms with Crippen LogP contribution in [0.4, 0.5) is 5.82 Å². The molecule has 9 heteroatoms. The lowest BCUT2D eigenvalue weighted by Gasteiger charge is -2.40. The predicted octanol–water partition coefficient (Wildman–Crippen LogP) is 5.22. The van der Waals surface area contributed by atoms with Gasteiger partial charge >= 0.3 is 7.48 Å². The summed E-state index contributed by atoms with van der Waals surface area (Å²) in [6, 6.07) is 8.02. The van der Waals surface area contributed by atoms with Gasteiger partial charge < -0.3 is 25.3 Å². The summed E-state index contributed by atoms with van der Waals surface area (Å²) in [6.07, 6.45) is 5.94. The monoisotopic (exact) mass is 530 g/mol. The molecule has 37 heavy (non-hydrogen) atoms. The third kappa shape index (κ3) is 9.38. The Balaban J connectivity index is 0.000000523. The molecular formula is C28H46BClN5O2. The highest BCUT2D eigenvalue weighted by atomic mass is 35.5. The summed E-state index contributed by atoms with van der Waals surface area (Å²) in [6.45, 7) is 15.5. The maximum Gasteiger partial charge on any atom is 0.331 e. The minimum atomic E-state index is -0.925. The van der Waals surface area contributed by atoms with Crippen molar-refractivity contribution >= 4 is 30.4 Å². The molecule has 2 heterocycles. The summed E-state index contributed by atoms with van der Waals surface area (Å²) >= 11 is 5.78. The zero-order chi connectivity index (χ0) is 26.8. The van der Waals surface area contributed by atoms with E-state index in [1.165, 1.54) is 12.0 Å². The van der Waals surface area contributed by atoms with Gasteiger partial charge in [0.1, 0.15) is 17.9 Å². The van der Waals surface area contributed by atoms with Crippen LogP contribution >= 0.6 is 11.6 Å². The van der Waals surface area contributed by atoms with Crippen LogP contribution in [-0.4, -0.2) is 62.1 Å². The van der Waals surface area contributed by atoms with E-state index >= 15 is 0 Å². The first-order chi connectivity index (χ1) is 17.1. The summed E-state index contributed by atoms with van der Waals surface area (Å²) in [7, 11) is 3.32. The summed E-state index contributed by atoms with van der Waals surface area (Å²) in [5.74, 6) is 0.937. The second-order valence-corrected chi connectivity index (χ2v) is 10.0. The molecule has 1 fully saturated rings. The van der Waals surface area contributed by atoms with Crippen molar-refractivity contribution in [2.24, 2.45) is 5.73 Å². The number of rotatable bonds is 9. The van der Waals surface area contributed by atoms with Crippen LogP contribution in [-0.2, 0) is 15.8 Å². The van der Waals surface area contributed by atoms with Crippen molar-refractivity contribution in [3.8, 4) is 0 Å². The Labute approximate surface area is 230 Å². The number of piperazine rings is 1. The van der Waals surface area contributed by atoms with Crippen molar-refractivity contribution in [2.45, 2.75) is 73.1 Å². The van der Waals surface area contributed by atoms with E-state index in [4.69, 9.17) is 26.7 Å². The highest BCUT2D eigenvalue weighted by Gasteiger charge is 2.39. The van der Waals surface area contributed by atoms with Crippen molar-refractivity contribution < 1.29 is 9.39 Å². The molecule has 1 aromatic carbocycles. The summed E-state index contributed by atoms with van der Waals surface area (Å²) in [5, 5.41) is 4.21. The average Bonchev–Trinajstić information content (AvgIpc) is 2.86. The molecule has 1 atom stereocenters. The average molecular weight is 531 g/mol. The molecule has 1 radical (unpaired) electrons. The number of hydrogen-bond donors (Lipinski definition) is 2. The largest absolute Gasteiger partial charge is 0.425 e. The lowest BCUT2D eigenvalue weighted by Crippen LogP contribution is -2.58. The minimum absolute atomic E-state index is 0. The van der Waals surface area contributed by atoms with Gasteiger partial charge in [0, 0.05) is 49.6 Å². The Hall–Kier alpha value is -1.97. The molecule has 205 valence electrons. The molecule has 1 aliphatic heterocycles. The molecule has 1 saturated heterocycles. The fraction of sp³-hybridized carbons (Fsp3) is 0.571. The quantitative estimate of drug-likeness (QED) is 0.339. The van der Waals surface area contributed by atoms with Crippen LogP contribution in [0.1, 0.15) is 65.3 Å². The van der Waals surface area contributed by atoms with Gasteiger partial charge in [0.15, 0.2) is 0 Å². The predicted molar refractivity (Wildman–Crippen MR) is 158 cm³/mol. The second kappa shape index (κ2) is 15.4. The normalized spacial score (nSPS) is 15.7. The van der Waals surface area contributed by atoms with Crippen LogP contribution in [0.5, 0.6) is 0 Å². The Morgan fingerprint density at radius 2 is 1.92 bits per heavy atom. The van der Waals surface area contributed by atoms with Gasteiger partial charge in [0.25, 0.3) is 0 Å². The molecule has 1 unspecified atom stereocenters.